The summed E-state index contributed by atoms with van der Waals surface area (Å²) in [5, 5.41) is 7.41. The Labute approximate surface area is 189 Å². The summed E-state index contributed by atoms with van der Waals surface area (Å²) in [6, 6.07) is 13.9. The Morgan fingerprint density at radius 2 is 1.79 bits per heavy atom. The summed E-state index contributed by atoms with van der Waals surface area (Å²) in [6.07, 6.45) is 0. The van der Waals surface area contributed by atoms with Crippen molar-refractivity contribution in [1.29, 1.82) is 0 Å². The molecule has 2 N–H and O–H groups in total. The van der Waals surface area contributed by atoms with Crippen molar-refractivity contribution < 1.29 is 9.21 Å². The number of nitrogens with one attached hydrogen (secondary N) is 2. The molecule has 0 aliphatic carbocycles. The number of carbonyl (C=O) groups is 1. The number of aromatic nitrogens is 1. The molecule has 0 bridgehead atoms. The van der Waals surface area contributed by atoms with Crippen molar-refractivity contribution in [2.75, 3.05) is 5.32 Å². The van der Waals surface area contributed by atoms with E-state index in [2.05, 4.69) is 15.6 Å². The normalized spacial score (nSPS) is 10.9. The highest BCUT2D eigenvalue weighted by Crippen LogP contribution is 2.35. The van der Waals surface area contributed by atoms with E-state index >= 15 is 0 Å². The van der Waals surface area contributed by atoms with E-state index in [9.17, 15) is 4.79 Å². The van der Waals surface area contributed by atoms with Crippen molar-refractivity contribution in [3.8, 4) is 11.3 Å². The summed E-state index contributed by atoms with van der Waals surface area (Å²) in [4.78, 5) is 16.8. The van der Waals surface area contributed by atoms with Crippen LogP contribution >= 0.6 is 58.4 Å². The average molecular weight is 483 g/mol. The number of thiazole rings is 1. The number of benzene rings is 2. The van der Waals surface area contributed by atoms with Crippen LogP contribution in [0.2, 0.25) is 15.1 Å². The van der Waals surface area contributed by atoms with Crippen molar-refractivity contribution >= 4 is 84.7 Å². The first-order valence-corrected chi connectivity index (χ1v) is 10.5. The topological polar surface area (TPSA) is 67.2 Å². The number of nitrogens with zero attached hydrogens (tertiary/aromatic N) is 1. The molecular weight excluding hydrogens is 473 g/mol. The molecule has 0 aliphatic heterocycles. The van der Waals surface area contributed by atoms with Gasteiger partial charge in [-0.2, -0.15) is 0 Å². The summed E-state index contributed by atoms with van der Waals surface area (Å²) >= 11 is 24.6. The molecule has 0 atom stereocenters. The number of rotatable bonds is 3. The van der Waals surface area contributed by atoms with Crippen LogP contribution < -0.4 is 10.6 Å². The van der Waals surface area contributed by atoms with Crippen molar-refractivity contribution in [3.63, 3.8) is 0 Å². The van der Waals surface area contributed by atoms with E-state index in [-0.39, 0.29) is 10.9 Å². The van der Waals surface area contributed by atoms with Gasteiger partial charge in [0.2, 0.25) is 0 Å². The molecule has 29 heavy (non-hydrogen) atoms. The van der Waals surface area contributed by atoms with E-state index in [0.29, 0.717) is 31.5 Å². The molecule has 5 nitrogen and oxygen atoms in total. The van der Waals surface area contributed by atoms with Gasteiger partial charge >= 0.3 is 0 Å². The number of furan rings is 1. The number of amides is 1. The number of fused-ring (bicyclic) bond motifs is 1. The quantitative estimate of drug-likeness (QED) is 0.320. The smallest absolute Gasteiger partial charge is 0.293 e. The molecule has 2 aromatic heterocycles. The lowest BCUT2D eigenvalue weighted by Crippen LogP contribution is -2.33. The maximum Gasteiger partial charge on any atom is 0.293 e. The molecule has 2 heterocycles. The van der Waals surface area contributed by atoms with Crippen molar-refractivity contribution in [3.05, 3.63) is 69.4 Å². The van der Waals surface area contributed by atoms with E-state index < -0.39 is 5.91 Å². The Morgan fingerprint density at radius 1 is 1.03 bits per heavy atom. The molecule has 0 saturated heterocycles. The highest BCUT2D eigenvalue weighted by molar-refractivity contribution is 7.80. The number of thiocarbonyl (C=S) groups is 1. The molecule has 0 unspecified atom stereocenters. The first-order valence-electron chi connectivity index (χ1n) is 8.13. The van der Waals surface area contributed by atoms with Crippen LogP contribution in [-0.2, 0) is 0 Å². The number of hydrogen-bond acceptors (Lipinski definition) is 5. The van der Waals surface area contributed by atoms with E-state index in [1.54, 1.807) is 42.5 Å². The van der Waals surface area contributed by atoms with Crippen molar-refractivity contribution in [2.24, 2.45) is 0 Å². The molecule has 0 aliphatic rings. The van der Waals surface area contributed by atoms with E-state index in [0.717, 1.165) is 10.3 Å². The van der Waals surface area contributed by atoms with Gasteiger partial charge in [0.25, 0.3) is 5.91 Å². The molecule has 146 valence electrons. The fourth-order valence-electron chi connectivity index (χ4n) is 2.51. The zero-order chi connectivity index (χ0) is 20.5. The Kier molecular flexibility index (Phi) is 5.76. The van der Waals surface area contributed by atoms with Crippen LogP contribution in [0.5, 0.6) is 0 Å². The predicted molar refractivity (Wildman–Crippen MR) is 122 cm³/mol. The standard InChI is InChI=1S/C19H10Cl3N3O2S2/c20-10-3-1-9(2-4-10)12-6-7-13(27-12)17(26)24-18(28)25-19-23-16-14(29-19)8-5-11(21)15(16)22/h1-8H,(H2,23,24,25,26,28). The van der Waals surface area contributed by atoms with Gasteiger partial charge in [-0.25, -0.2) is 4.98 Å². The summed E-state index contributed by atoms with van der Waals surface area (Å²) in [5.74, 6) is 0.187. The minimum atomic E-state index is -0.482. The van der Waals surface area contributed by atoms with E-state index in [4.69, 9.17) is 51.4 Å². The van der Waals surface area contributed by atoms with Gasteiger partial charge in [0.05, 0.1) is 14.7 Å². The zero-order valence-electron chi connectivity index (χ0n) is 14.3. The minimum Gasteiger partial charge on any atom is -0.451 e. The summed E-state index contributed by atoms with van der Waals surface area (Å²) in [7, 11) is 0. The van der Waals surface area contributed by atoms with Crippen LogP contribution in [0.25, 0.3) is 21.5 Å². The van der Waals surface area contributed by atoms with Gasteiger partial charge in [-0.3, -0.25) is 10.1 Å². The highest BCUT2D eigenvalue weighted by Gasteiger charge is 2.15. The molecule has 0 fully saturated rings. The van der Waals surface area contributed by atoms with Gasteiger partial charge in [-0.1, -0.05) is 46.1 Å². The molecule has 2 aromatic carbocycles. The first kappa shape index (κ1) is 20.1. The van der Waals surface area contributed by atoms with E-state index in [1.165, 1.54) is 11.3 Å². The largest absolute Gasteiger partial charge is 0.451 e. The van der Waals surface area contributed by atoms with Gasteiger partial charge in [0.1, 0.15) is 11.3 Å². The number of hydrogen-bond donors (Lipinski definition) is 2. The number of anilines is 1. The molecule has 10 heteroatoms. The monoisotopic (exact) mass is 481 g/mol. The molecule has 0 spiro atoms. The molecule has 4 aromatic rings. The maximum absolute atomic E-state index is 12.4. The Hall–Kier alpha value is -2.16. The molecule has 4 rings (SSSR count). The molecule has 0 saturated carbocycles. The van der Waals surface area contributed by atoms with Crippen LogP contribution in [-0.4, -0.2) is 16.0 Å². The third-order valence-electron chi connectivity index (χ3n) is 3.86. The van der Waals surface area contributed by atoms with Crippen LogP contribution in [0, 0.1) is 0 Å². The highest BCUT2D eigenvalue weighted by atomic mass is 35.5. The van der Waals surface area contributed by atoms with Gasteiger partial charge in [-0.15, -0.1) is 0 Å². The lowest BCUT2D eigenvalue weighted by Gasteiger charge is -2.05. The summed E-state index contributed by atoms with van der Waals surface area (Å²) in [6.45, 7) is 0. The Bertz CT molecular complexity index is 1240. The fraction of sp³-hybridized carbons (Fsp3) is 0. The molecule has 0 radical (unpaired) electrons. The minimum absolute atomic E-state index is 0.0840. The van der Waals surface area contributed by atoms with Gasteiger partial charge in [0, 0.05) is 10.6 Å². The summed E-state index contributed by atoms with van der Waals surface area (Å²) < 4.78 is 6.45. The maximum atomic E-state index is 12.4. The zero-order valence-corrected chi connectivity index (χ0v) is 18.2. The number of carbonyl (C=O) groups excluding carboxylic acids is 1. The second-order valence-electron chi connectivity index (χ2n) is 5.81. The summed E-state index contributed by atoms with van der Waals surface area (Å²) in [5.41, 5.74) is 1.37. The number of halogens is 3. The fourth-order valence-corrected chi connectivity index (χ4v) is 4.19. The second-order valence-corrected chi connectivity index (χ2v) is 8.47. The van der Waals surface area contributed by atoms with Crippen LogP contribution in [0.1, 0.15) is 10.6 Å². The Morgan fingerprint density at radius 3 is 2.55 bits per heavy atom. The average Bonchev–Trinajstić information content (AvgIpc) is 3.33. The first-order chi connectivity index (χ1) is 13.9. The van der Waals surface area contributed by atoms with Crippen molar-refractivity contribution in [1.82, 2.24) is 10.3 Å². The third-order valence-corrected chi connectivity index (χ3v) is 6.04. The van der Waals surface area contributed by atoms with Crippen LogP contribution in [0.3, 0.4) is 0 Å². The Balaban J connectivity index is 1.44. The third kappa shape index (κ3) is 4.39. The van der Waals surface area contributed by atoms with Crippen molar-refractivity contribution in [2.45, 2.75) is 0 Å². The van der Waals surface area contributed by atoms with Gasteiger partial charge in [-0.05, 0) is 60.7 Å². The van der Waals surface area contributed by atoms with Gasteiger partial charge in [0.15, 0.2) is 16.0 Å². The van der Waals surface area contributed by atoms with E-state index in [1.807, 2.05) is 6.07 Å². The van der Waals surface area contributed by atoms with Crippen LogP contribution in [0.4, 0.5) is 5.13 Å². The lowest BCUT2D eigenvalue weighted by molar-refractivity contribution is 0.0951. The SMILES string of the molecule is O=C(NC(=S)Nc1nc2c(Cl)c(Cl)ccc2s1)c1ccc(-c2ccc(Cl)cc2)o1. The van der Waals surface area contributed by atoms with Gasteiger partial charge < -0.3 is 9.73 Å². The molecule has 1 amide bonds. The second kappa shape index (κ2) is 8.30. The predicted octanol–water partition coefficient (Wildman–Crippen LogP) is 6.64. The van der Waals surface area contributed by atoms with Crippen LogP contribution in [0.15, 0.2) is 52.9 Å². The molecular formula is C19H10Cl3N3O2S2. The lowest BCUT2D eigenvalue weighted by atomic mass is 10.2.